The Balaban J connectivity index is 2.38. The molecular weight excluding hydrogens is 276 g/mol. The quantitative estimate of drug-likeness (QED) is 0.858. The van der Waals surface area contributed by atoms with Crippen LogP contribution >= 0.6 is 0 Å². The van der Waals surface area contributed by atoms with Crippen LogP contribution in [-0.4, -0.2) is 46.5 Å². The van der Waals surface area contributed by atoms with Crippen LogP contribution < -0.4 is 10.1 Å². The minimum Gasteiger partial charge on any atom is -0.497 e. The number of benzene rings is 1. The summed E-state index contributed by atoms with van der Waals surface area (Å²) >= 11 is 0. The first-order valence-electron chi connectivity index (χ1n) is 6.91. The van der Waals surface area contributed by atoms with Crippen molar-refractivity contribution in [2.45, 2.75) is 24.2 Å². The van der Waals surface area contributed by atoms with Crippen molar-refractivity contribution in [1.82, 2.24) is 9.62 Å². The van der Waals surface area contributed by atoms with Crippen LogP contribution in [-0.2, 0) is 16.4 Å². The highest BCUT2D eigenvalue weighted by Gasteiger charge is 2.29. The second-order valence-corrected chi connectivity index (χ2v) is 6.84. The van der Waals surface area contributed by atoms with Gasteiger partial charge in [0.05, 0.1) is 12.0 Å². The van der Waals surface area contributed by atoms with E-state index in [1.165, 1.54) is 0 Å². The van der Waals surface area contributed by atoms with Crippen LogP contribution in [0.1, 0.15) is 18.4 Å². The average Bonchev–Trinajstić information content (AvgIpc) is 2.99. The van der Waals surface area contributed by atoms with Crippen LogP contribution in [0.2, 0.25) is 0 Å². The third kappa shape index (κ3) is 3.13. The Bertz CT molecular complexity index is 552. The molecule has 1 aliphatic rings. The van der Waals surface area contributed by atoms with E-state index in [4.69, 9.17) is 4.74 Å². The van der Waals surface area contributed by atoms with Crippen LogP contribution in [0.3, 0.4) is 0 Å². The standard InChI is InChI=1S/C14H22N2O3S/c1-15-8-7-12-11-13(19-2)5-6-14(12)20(17,18)16-9-3-4-10-16/h5-6,11,15H,3-4,7-10H2,1-2H3. The molecule has 1 heterocycles. The topological polar surface area (TPSA) is 58.6 Å². The van der Waals surface area contributed by atoms with Crippen molar-refractivity contribution >= 4 is 10.0 Å². The van der Waals surface area contributed by atoms with Crippen molar-refractivity contribution in [3.8, 4) is 5.75 Å². The van der Waals surface area contributed by atoms with Gasteiger partial charge >= 0.3 is 0 Å². The SMILES string of the molecule is CNCCc1cc(OC)ccc1S(=O)(=O)N1CCCC1. The lowest BCUT2D eigenvalue weighted by Gasteiger charge is -2.18. The fraction of sp³-hybridized carbons (Fsp3) is 0.571. The molecule has 1 aromatic rings. The van der Waals surface area contributed by atoms with Crippen molar-refractivity contribution in [1.29, 1.82) is 0 Å². The van der Waals surface area contributed by atoms with E-state index in [9.17, 15) is 8.42 Å². The number of nitrogens with zero attached hydrogens (tertiary/aromatic N) is 1. The molecule has 0 atom stereocenters. The molecule has 20 heavy (non-hydrogen) atoms. The molecule has 2 rings (SSSR count). The summed E-state index contributed by atoms with van der Waals surface area (Å²) in [6.07, 6.45) is 2.55. The molecule has 112 valence electrons. The van der Waals surface area contributed by atoms with E-state index in [2.05, 4.69) is 5.32 Å². The zero-order valence-corrected chi connectivity index (χ0v) is 12.9. The summed E-state index contributed by atoms with van der Waals surface area (Å²) in [5, 5.41) is 3.05. The summed E-state index contributed by atoms with van der Waals surface area (Å²) < 4.78 is 32.1. The third-order valence-electron chi connectivity index (χ3n) is 3.59. The molecule has 1 fully saturated rings. The normalized spacial score (nSPS) is 16.5. The number of rotatable bonds is 6. The Kier molecular flexibility index (Phi) is 5.01. The lowest BCUT2D eigenvalue weighted by molar-refractivity contribution is 0.413. The van der Waals surface area contributed by atoms with Gasteiger partial charge < -0.3 is 10.1 Å². The van der Waals surface area contributed by atoms with Crippen molar-refractivity contribution in [3.05, 3.63) is 23.8 Å². The fourth-order valence-electron chi connectivity index (χ4n) is 2.46. The van der Waals surface area contributed by atoms with Crippen LogP contribution in [0.4, 0.5) is 0 Å². The predicted octanol–water partition coefficient (Wildman–Crippen LogP) is 1.24. The van der Waals surface area contributed by atoms with E-state index < -0.39 is 10.0 Å². The number of hydrogen-bond acceptors (Lipinski definition) is 4. The zero-order chi connectivity index (χ0) is 14.6. The summed E-state index contributed by atoms with van der Waals surface area (Å²) in [4.78, 5) is 0.412. The Labute approximate surface area is 121 Å². The first-order valence-corrected chi connectivity index (χ1v) is 8.35. The summed E-state index contributed by atoms with van der Waals surface area (Å²) in [5.41, 5.74) is 0.811. The van der Waals surface area contributed by atoms with Crippen LogP contribution in [0.15, 0.2) is 23.1 Å². The molecular formula is C14H22N2O3S. The van der Waals surface area contributed by atoms with Crippen molar-refractivity contribution in [2.75, 3.05) is 33.8 Å². The Morgan fingerprint density at radius 3 is 2.60 bits per heavy atom. The molecule has 0 aromatic heterocycles. The molecule has 0 aliphatic carbocycles. The highest BCUT2D eigenvalue weighted by molar-refractivity contribution is 7.89. The van der Waals surface area contributed by atoms with E-state index in [0.29, 0.717) is 30.2 Å². The van der Waals surface area contributed by atoms with Crippen LogP contribution in [0.25, 0.3) is 0 Å². The molecule has 1 N–H and O–H groups in total. The molecule has 1 saturated heterocycles. The molecule has 5 nitrogen and oxygen atoms in total. The molecule has 0 amide bonds. The van der Waals surface area contributed by atoms with Gasteiger partial charge in [-0.3, -0.25) is 0 Å². The average molecular weight is 298 g/mol. The molecule has 0 saturated carbocycles. The van der Waals surface area contributed by atoms with Gasteiger partial charge in [-0.25, -0.2) is 8.42 Å². The van der Waals surface area contributed by atoms with E-state index in [-0.39, 0.29) is 0 Å². The smallest absolute Gasteiger partial charge is 0.243 e. The molecule has 6 heteroatoms. The Hall–Kier alpha value is -1.11. The van der Waals surface area contributed by atoms with Crippen LogP contribution in [0, 0.1) is 0 Å². The van der Waals surface area contributed by atoms with Gasteiger partial charge in [-0.15, -0.1) is 0 Å². The van der Waals surface area contributed by atoms with Gasteiger partial charge in [0.15, 0.2) is 0 Å². The summed E-state index contributed by atoms with van der Waals surface area (Å²) in [6.45, 7) is 1.98. The maximum atomic E-state index is 12.7. The van der Waals surface area contributed by atoms with Crippen LogP contribution in [0.5, 0.6) is 5.75 Å². The van der Waals surface area contributed by atoms with Gasteiger partial charge in [0.25, 0.3) is 0 Å². The van der Waals surface area contributed by atoms with Gasteiger partial charge in [0.1, 0.15) is 5.75 Å². The lowest BCUT2D eigenvalue weighted by Crippen LogP contribution is -2.29. The zero-order valence-electron chi connectivity index (χ0n) is 12.1. The van der Waals surface area contributed by atoms with E-state index in [1.807, 2.05) is 13.1 Å². The fourth-order valence-corrected chi connectivity index (χ4v) is 4.21. The second-order valence-electron chi connectivity index (χ2n) is 4.94. The lowest BCUT2D eigenvalue weighted by atomic mass is 10.1. The minimum absolute atomic E-state index is 0.412. The second kappa shape index (κ2) is 6.56. The first kappa shape index (κ1) is 15.3. The maximum absolute atomic E-state index is 12.7. The molecule has 1 aliphatic heterocycles. The molecule has 0 radical (unpaired) electrons. The van der Waals surface area contributed by atoms with Gasteiger partial charge in [0.2, 0.25) is 10.0 Å². The monoisotopic (exact) mass is 298 g/mol. The largest absolute Gasteiger partial charge is 0.497 e. The Morgan fingerprint density at radius 1 is 1.30 bits per heavy atom. The number of methoxy groups -OCH3 is 1. The van der Waals surface area contributed by atoms with Crippen molar-refractivity contribution in [2.24, 2.45) is 0 Å². The highest BCUT2D eigenvalue weighted by Crippen LogP contribution is 2.27. The molecule has 0 unspecified atom stereocenters. The highest BCUT2D eigenvalue weighted by atomic mass is 32.2. The molecule has 0 bridgehead atoms. The molecule has 0 spiro atoms. The van der Waals surface area contributed by atoms with Gasteiger partial charge in [0, 0.05) is 13.1 Å². The van der Waals surface area contributed by atoms with Crippen molar-refractivity contribution in [3.63, 3.8) is 0 Å². The maximum Gasteiger partial charge on any atom is 0.243 e. The van der Waals surface area contributed by atoms with Gasteiger partial charge in [-0.2, -0.15) is 4.31 Å². The first-order chi connectivity index (χ1) is 9.59. The number of sulfonamides is 1. The summed E-state index contributed by atoms with van der Waals surface area (Å²) in [7, 11) is 0.0703. The summed E-state index contributed by atoms with van der Waals surface area (Å²) in [5.74, 6) is 0.691. The van der Waals surface area contributed by atoms with Crippen molar-refractivity contribution < 1.29 is 13.2 Å². The number of likely N-dealkylation sites (N-methyl/N-ethyl adjacent to an activating group) is 1. The van der Waals surface area contributed by atoms with E-state index >= 15 is 0 Å². The minimum atomic E-state index is -3.37. The van der Waals surface area contributed by atoms with Gasteiger partial charge in [-0.1, -0.05) is 0 Å². The Morgan fingerprint density at radius 2 is 2.00 bits per heavy atom. The van der Waals surface area contributed by atoms with Gasteiger partial charge in [-0.05, 0) is 56.6 Å². The van der Waals surface area contributed by atoms with E-state index in [1.54, 1.807) is 23.5 Å². The number of nitrogens with one attached hydrogen (secondary N) is 1. The predicted molar refractivity (Wildman–Crippen MR) is 78.6 cm³/mol. The molecule has 1 aromatic carbocycles. The van der Waals surface area contributed by atoms with E-state index in [0.717, 1.165) is 24.9 Å². The number of hydrogen-bond donors (Lipinski definition) is 1. The summed E-state index contributed by atoms with van der Waals surface area (Å²) in [6, 6.07) is 5.20. The number of ether oxygens (including phenoxy) is 1. The third-order valence-corrected chi connectivity index (χ3v) is 5.59.